The van der Waals surface area contributed by atoms with Crippen molar-refractivity contribution >= 4 is 6.03 Å². The summed E-state index contributed by atoms with van der Waals surface area (Å²) in [6, 6.07) is -0.525. The van der Waals surface area contributed by atoms with E-state index in [9.17, 15) is 18.0 Å². The lowest BCUT2D eigenvalue weighted by Gasteiger charge is -2.38. The quantitative estimate of drug-likeness (QED) is 0.862. The van der Waals surface area contributed by atoms with Crippen LogP contribution in [-0.2, 0) is 4.74 Å². The smallest absolute Gasteiger partial charge is 0.378 e. The fraction of sp³-hybridized carbons (Fsp3) is 0.929. The number of amides is 2. The van der Waals surface area contributed by atoms with E-state index >= 15 is 0 Å². The Morgan fingerprint density at radius 3 is 2.27 bits per heavy atom. The molecule has 0 aromatic rings. The summed E-state index contributed by atoms with van der Waals surface area (Å²) in [7, 11) is 0. The lowest BCUT2D eigenvalue weighted by Crippen LogP contribution is -2.53. The summed E-state index contributed by atoms with van der Waals surface area (Å²) < 4.78 is 42.2. The molecule has 0 aliphatic carbocycles. The highest BCUT2D eigenvalue weighted by atomic mass is 19.4. The van der Waals surface area contributed by atoms with Crippen LogP contribution < -0.4 is 5.32 Å². The normalized spacial score (nSPS) is 22.7. The predicted molar refractivity (Wildman–Crippen MR) is 75.7 cm³/mol. The van der Waals surface area contributed by atoms with Gasteiger partial charge in [-0.2, -0.15) is 13.2 Å². The first-order valence-corrected chi connectivity index (χ1v) is 7.79. The first kappa shape index (κ1) is 17.3. The van der Waals surface area contributed by atoms with Crippen molar-refractivity contribution in [2.45, 2.75) is 44.4 Å². The van der Waals surface area contributed by atoms with E-state index in [0.717, 1.165) is 0 Å². The number of morpholine rings is 1. The fourth-order valence-corrected chi connectivity index (χ4v) is 3.00. The van der Waals surface area contributed by atoms with E-state index in [0.29, 0.717) is 52.2 Å². The van der Waals surface area contributed by atoms with Crippen LogP contribution in [0.3, 0.4) is 0 Å². The van der Waals surface area contributed by atoms with Gasteiger partial charge in [-0.25, -0.2) is 4.79 Å². The van der Waals surface area contributed by atoms with Gasteiger partial charge in [0.25, 0.3) is 0 Å². The number of hydrogen-bond acceptors (Lipinski definition) is 3. The Kier molecular flexibility index (Phi) is 5.91. The summed E-state index contributed by atoms with van der Waals surface area (Å²) >= 11 is 0. The second kappa shape index (κ2) is 7.50. The monoisotopic (exact) mass is 323 g/mol. The highest BCUT2D eigenvalue weighted by Crippen LogP contribution is 2.22. The Hall–Kier alpha value is -1.02. The number of carbonyl (C=O) groups is 1. The van der Waals surface area contributed by atoms with E-state index in [4.69, 9.17) is 4.74 Å². The van der Waals surface area contributed by atoms with Gasteiger partial charge in [-0.3, -0.25) is 0 Å². The zero-order chi connectivity index (χ0) is 16.2. The molecule has 0 spiro atoms. The molecule has 1 atom stereocenters. The van der Waals surface area contributed by atoms with Gasteiger partial charge in [0, 0.05) is 38.3 Å². The van der Waals surface area contributed by atoms with Gasteiger partial charge in [0.2, 0.25) is 0 Å². The lowest BCUT2D eigenvalue weighted by atomic mass is 10.0. The Bertz CT molecular complexity index is 365. The molecule has 1 N–H and O–H groups in total. The van der Waals surface area contributed by atoms with E-state index in [2.05, 4.69) is 5.32 Å². The molecule has 2 amide bonds. The van der Waals surface area contributed by atoms with Gasteiger partial charge in [-0.15, -0.1) is 0 Å². The Morgan fingerprint density at radius 1 is 1.18 bits per heavy atom. The van der Waals surface area contributed by atoms with Crippen LogP contribution in [0.15, 0.2) is 0 Å². The summed E-state index contributed by atoms with van der Waals surface area (Å²) in [5, 5.41) is 3.02. The maximum absolute atomic E-state index is 12.3. The summed E-state index contributed by atoms with van der Waals surface area (Å²) in [5.41, 5.74) is 0. The standard InChI is InChI=1S/C14H24F3N3O2/c1-11(10-14(15,16)17)18-12-2-4-19(5-3-12)13(21)20-6-8-22-9-7-20/h11-12,18H,2-10H2,1H3. The molecule has 2 fully saturated rings. The number of ether oxygens (including phenoxy) is 1. The molecular formula is C14H24F3N3O2. The molecule has 2 aliphatic heterocycles. The second-order valence-electron chi connectivity index (χ2n) is 6.03. The minimum absolute atomic E-state index is 0.0186. The largest absolute Gasteiger partial charge is 0.390 e. The molecule has 2 saturated heterocycles. The molecule has 0 radical (unpaired) electrons. The summed E-state index contributed by atoms with van der Waals surface area (Å²) in [6.45, 7) is 5.09. The first-order valence-electron chi connectivity index (χ1n) is 7.79. The molecule has 0 aromatic heterocycles. The molecular weight excluding hydrogens is 299 g/mol. The van der Waals surface area contributed by atoms with Gasteiger partial charge in [-0.1, -0.05) is 0 Å². The van der Waals surface area contributed by atoms with Crippen molar-refractivity contribution in [1.29, 1.82) is 0 Å². The predicted octanol–water partition coefficient (Wildman–Crippen LogP) is 1.83. The third-order valence-corrected chi connectivity index (χ3v) is 4.10. The van der Waals surface area contributed by atoms with Crippen LogP contribution in [0.4, 0.5) is 18.0 Å². The highest BCUT2D eigenvalue weighted by Gasteiger charge is 2.32. The van der Waals surface area contributed by atoms with Crippen LogP contribution in [0.25, 0.3) is 0 Å². The summed E-state index contributed by atoms with van der Waals surface area (Å²) in [4.78, 5) is 15.9. The maximum atomic E-state index is 12.3. The molecule has 2 aliphatic rings. The highest BCUT2D eigenvalue weighted by molar-refractivity contribution is 5.74. The molecule has 0 aromatic carbocycles. The van der Waals surface area contributed by atoms with Crippen LogP contribution in [-0.4, -0.2) is 73.5 Å². The average Bonchev–Trinajstić information content (AvgIpc) is 2.46. The van der Waals surface area contributed by atoms with E-state index in [1.807, 2.05) is 0 Å². The topological polar surface area (TPSA) is 44.8 Å². The van der Waals surface area contributed by atoms with Crippen molar-refractivity contribution in [3.05, 3.63) is 0 Å². The molecule has 5 nitrogen and oxygen atoms in total. The zero-order valence-electron chi connectivity index (χ0n) is 12.9. The van der Waals surface area contributed by atoms with E-state index in [1.54, 1.807) is 16.7 Å². The Morgan fingerprint density at radius 2 is 1.73 bits per heavy atom. The maximum Gasteiger partial charge on any atom is 0.390 e. The van der Waals surface area contributed by atoms with Crippen LogP contribution in [0.1, 0.15) is 26.2 Å². The van der Waals surface area contributed by atoms with Gasteiger partial charge in [-0.05, 0) is 19.8 Å². The lowest BCUT2D eigenvalue weighted by molar-refractivity contribution is -0.139. The zero-order valence-corrected chi connectivity index (χ0v) is 12.9. The van der Waals surface area contributed by atoms with Crippen LogP contribution in [0.5, 0.6) is 0 Å². The number of alkyl halides is 3. The number of nitrogens with one attached hydrogen (secondary N) is 1. The minimum Gasteiger partial charge on any atom is -0.378 e. The molecule has 1 unspecified atom stereocenters. The molecule has 2 rings (SSSR count). The molecule has 0 bridgehead atoms. The van der Waals surface area contributed by atoms with Crippen molar-refractivity contribution in [2.24, 2.45) is 0 Å². The van der Waals surface area contributed by atoms with Gasteiger partial charge in [0.05, 0.1) is 19.6 Å². The van der Waals surface area contributed by atoms with Crippen molar-refractivity contribution in [3.63, 3.8) is 0 Å². The third kappa shape index (κ3) is 5.31. The number of rotatable bonds is 3. The van der Waals surface area contributed by atoms with Crippen LogP contribution in [0, 0.1) is 0 Å². The number of piperidine rings is 1. The SMILES string of the molecule is CC(CC(F)(F)F)NC1CCN(C(=O)N2CCOCC2)CC1. The number of likely N-dealkylation sites (tertiary alicyclic amines) is 1. The Balaban J connectivity index is 1.72. The van der Waals surface area contributed by atoms with Crippen molar-refractivity contribution in [1.82, 2.24) is 15.1 Å². The second-order valence-corrected chi connectivity index (χ2v) is 6.03. The van der Waals surface area contributed by atoms with E-state index < -0.39 is 18.6 Å². The van der Waals surface area contributed by atoms with Gasteiger partial charge in [0.1, 0.15) is 0 Å². The molecule has 8 heteroatoms. The average molecular weight is 323 g/mol. The minimum atomic E-state index is -4.14. The number of urea groups is 1. The van der Waals surface area contributed by atoms with Crippen molar-refractivity contribution < 1.29 is 22.7 Å². The Labute approximate surface area is 128 Å². The van der Waals surface area contributed by atoms with Crippen molar-refractivity contribution in [2.75, 3.05) is 39.4 Å². The van der Waals surface area contributed by atoms with Crippen molar-refractivity contribution in [3.8, 4) is 0 Å². The molecule has 0 saturated carbocycles. The van der Waals surface area contributed by atoms with E-state index in [1.165, 1.54) is 0 Å². The molecule has 128 valence electrons. The van der Waals surface area contributed by atoms with E-state index in [-0.39, 0.29) is 12.1 Å². The molecule has 2 heterocycles. The first-order chi connectivity index (χ1) is 10.3. The fourth-order valence-electron chi connectivity index (χ4n) is 3.00. The third-order valence-electron chi connectivity index (χ3n) is 4.10. The van der Waals surface area contributed by atoms with Crippen LogP contribution in [0.2, 0.25) is 0 Å². The summed E-state index contributed by atoms with van der Waals surface area (Å²) in [6.07, 6.45) is -3.57. The number of halogens is 3. The number of nitrogens with zero attached hydrogens (tertiary/aromatic N) is 2. The summed E-state index contributed by atoms with van der Waals surface area (Å²) in [5.74, 6) is 0. The number of hydrogen-bond donors (Lipinski definition) is 1. The van der Waals surface area contributed by atoms with Gasteiger partial charge < -0.3 is 19.9 Å². The molecule has 22 heavy (non-hydrogen) atoms. The number of carbonyl (C=O) groups excluding carboxylic acids is 1. The van der Waals surface area contributed by atoms with Crippen LogP contribution >= 0.6 is 0 Å². The van der Waals surface area contributed by atoms with Gasteiger partial charge in [0.15, 0.2) is 0 Å². The van der Waals surface area contributed by atoms with Gasteiger partial charge >= 0.3 is 12.2 Å².